The molecule has 3 heterocycles. The number of benzene rings is 2. The molecule has 5 rings (SSSR count). The summed E-state index contributed by atoms with van der Waals surface area (Å²) in [6.07, 6.45) is -3.90. The van der Waals surface area contributed by atoms with Crippen LogP contribution >= 0.6 is 0 Å². The molecule has 2 aromatic carbocycles. The summed E-state index contributed by atoms with van der Waals surface area (Å²) in [6.45, 7) is -0.140. The van der Waals surface area contributed by atoms with Crippen molar-refractivity contribution in [2.75, 3.05) is 23.8 Å². The zero-order valence-corrected chi connectivity index (χ0v) is 23.5. The van der Waals surface area contributed by atoms with Crippen LogP contribution in [0.3, 0.4) is 0 Å². The Hall–Kier alpha value is -5.71. The number of rotatable bonds is 9. The standard InChI is InChI=1S/C29H22F5N7O5/c1-14-5-6-15(36-26(44)21-9-10-35-40-21)11-18(14)23-17-7-8-22(43)41(24-19(30)3-2-4-20(24)31)25(17)39-28(38-23)37-16(12-42)13-46-27(45)29(32,33)34/h2-11,16,42H,12-13H2,1H3,(H,35,40)(H,36,44)(H,37,38,39). The number of esters is 1. The number of fused-ring (bicyclic) bond motifs is 1. The fourth-order valence-corrected chi connectivity index (χ4v) is 4.42. The van der Waals surface area contributed by atoms with Gasteiger partial charge in [-0.3, -0.25) is 19.3 Å². The minimum Gasteiger partial charge on any atom is -0.457 e. The van der Waals surface area contributed by atoms with Crippen LogP contribution in [0.5, 0.6) is 0 Å². The van der Waals surface area contributed by atoms with Gasteiger partial charge in [-0.15, -0.1) is 0 Å². The number of H-pyrrole nitrogens is 1. The summed E-state index contributed by atoms with van der Waals surface area (Å²) in [7, 11) is 0. The number of hydrogen-bond donors (Lipinski definition) is 4. The quantitative estimate of drug-likeness (QED) is 0.138. The van der Waals surface area contributed by atoms with E-state index in [1.165, 1.54) is 24.4 Å². The number of aromatic nitrogens is 5. The van der Waals surface area contributed by atoms with Crippen LogP contribution < -0.4 is 16.2 Å². The van der Waals surface area contributed by atoms with Crippen LogP contribution in [0.25, 0.3) is 28.0 Å². The summed E-state index contributed by atoms with van der Waals surface area (Å²) < 4.78 is 72.9. The lowest BCUT2D eigenvalue weighted by molar-refractivity contribution is -0.200. The first-order valence-corrected chi connectivity index (χ1v) is 13.3. The molecular weight excluding hydrogens is 621 g/mol. The van der Waals surface area contributed by atoms with E-state index in [0.717, 1.165) is 24.3 Å². The monoisotopic (exact) mass is 643 g/mol. The lowest BCUT2D eigenvalue weighted by Gasteiger charge is -2.20. The third kappa shape index (κ3) is 6.53. The number of amides is 1. The predicted octanol–water partition coefficient (Wildman–Crippen LogP) is 3.89. The number of pyridine rings is 1. The highest BCUT2D eigenvalue weighted by Crippen LogP contribution is 2.33. The number of aliphatic hydroxyl groups is 1. The van der Waals surface area contributed by atoms with Gasteiger partial charge in [0.2, 0.25) is 5.95 Å². The van der Waals surface area contributed by atoms with Crippen LogP contribution in [0.15, 0.2) is 65.6 Å². The fourth-order valence-electron chi connectivity index (χ4n) is 4.42. The number of aromatic amines is 1. The number of aryl methyl sites for hydroxylation is 1. The minimum absolute atomic E-state index is 0.0668. The molecule has 0 saturated heterocycles. The molecule has 0 radical (unpaired) electrons. The van der Waals surface area contributed by atoms with Crippen LogP contribution in [-0.4, -0.2) is 67.1 Å². The second-order valence-corrected chi connectivity index (χ2v) is 9.78. The number of nitrogens with one attached hydrogen (secondary N) is 3. The van der Waals surface area contributed by atoms with Gasteiger partial charge in [0, 0.05) is 28.9 Å². The van der Waals surface area contributed by atoms with Crippen molar-refractivity contribution in [2.24, 2.45) is 0 Å². The summed E-state index contributed by atoms with van der Waals surface area (Å²) in [4.78, 5) is 45.7. The topological polar surface area (TPSA) is 164 Å². The van der Waals surface area contributed by atoms with Crippen LogP contribution in [0, 0.1) is 18.6 Å². The number of anilines is 2. The fraction of sp³-hybridized carbons (Fsp3) is 0.172. The van der Waals surface area contributed by atoms with Gasteiger partial charge in [0.25, 0.3) is 11.5 Å². The van der Waals surface area contributed by atoms with E-state index >= 15 is 0 Å². The number of hydrogen-bond acceptors (Lipinski definition) is 9. The molecule has 0 aliphatic rings. The van der Waals surface area contributed by atoms with E-state index in [1.54, 1.807) is 19.1 Å². The normalized spacial score (nSPS) is 12.2. The minimum atomic E-state index is -5.29. The van der Waals surface area contributed by atoms with E-state index in [1.807, 2.05) is 0 Å². The van der Waals surface area contributed by atoms with Crippen molar-refractivity contribution in [3.8, 4) is 16.9 Å². The van der Waals surface area contributed by atoms with Gasteiger partial charge in [0.1, 0.15) is 29.6 Å². The lowest BCUT2D eigenvalue weighted by Crippen LogP contribution is -2.35. The number of ether oxygens (including phenoxy) is 1. The Kier molecular flexibility index (Phi) is 8.77. The Morgan fingerprint density at radius 3 is 2.46 bits per heavy atom. The van der Waals surface area contributed by atoms with Crippen molar-refractivity contribution in [2.45, 2.75) is 19.1 Å². The molecule has 0 saturated carbocycles. The molecular formula is C29H22F5N7O5. The molecule has 17 heteroatoms. The number of nitrogens with zero attached hydrogens (tertiary/aromatic N) is 4. The number of para-hydroxylation sites is 1. The van der Waals surface area contributed by atoms with Gasteiger partial charge in [-0.1, -0.05) is 12.1 Å². The average Bonchev–Trinajstić information content (AvgIpc) is 3.55. The number of carbonyl (C=O) groups is 2. The SMILES string of the molecule is Cc1ccc(NC(=O)c2ccn[nH]2)cc1-c1nc(NC(CO)COC(=O)C(F)(F)F)nc2c1ccc(=O)n2-c1c(F)cccc1F. The van der Waals surface area contributed by atoms with E-state index in [0.29, 0.717) is 21.4 Å². The molecule has 5 aromatic rings. The van der Waals surface area contributed by atoms with E-state index in [-0.39, 0.29) is 22.4 Å². The highest BCUT2D eigenvalue weighted by Gasteiger charge is 2.41. The van der Waals surface area contributed by atoms with Crippen molar-refractivity contribution in [1.29, 1.82) is 0 Å². The molecule has 1 unspecified atom stereocenters. The third-order valence-electron chi connectivity index (χ3n) is 6.61. The predicted molar refractivity (Wildman–Crippen MR) is 153 cm³/mol. The molecule has 0 bridgehead atoms. The molecule has 1 amide bonds. The summed E-state index contributed by atoms with van der Waals surface area (Å²) in [5.41, 5.74) is -0.512. The maximum Gasteiger partial charge on any atom is 0.490 e. The summed E-state index contributed by atoms with van der Waals surface area (Å²) in [5, 5.41) is 21.4. The Bertz CT molecular complexity index is 1980. The molecule has 1 atom stereocenters. The Balaban J connectivity index is 1.68. The lowest BCUT2D eigenvalue weighted by atomic mass is 10.0. The van der Waals surface area contributed by atoms with Crippen molar-refractivity contribution in [3.05, 3.63) is 94.0 Å². The maximum atomic E-state index is 15.0. The molecule has 46 heavy (non-hydrogen) atoms. The van der Waals surface area contributed by atoms with Crippen LogP contribution in [0.4, 0.5) is 33.6 Å². The number of aliphatic hydroxyl groups excluding tert-OH is 1. The second kappa shape index (κ2) is 12.7. The first-order valence-electron chi connectivity index (χ1n) is 13.3. The van der Waals surface area contributed by atoms with Gasteiger partial charge in [-0.2, -0.15) is 23.3 Å². The smallest absolute Gasteiger partial charge is 0.457 e. The van der Waals surface area contributed by atoms with Gasteiger partial charge in [-0.25, -0.2) is 18.6 Å². The van der Waals surface area contributed by atoms with E-state index in [4.69, 9.17) is 0 Å². The number of halogens is 5. The van der Waals surface area contributed by atoms with Crippen LogP contribution in [0.2, 0.25) is 0 Å². The average molecular weight is 644 g/mol. The molecule has 4 N–H and O–H groups in total. The highest BCUT2D eigenvalue weighted by molar-refractivity contribution is 6.03. The molecule has 0 fully saturated rings. The Morgan fingerprint density at radius 1 is 1.07 bits per heavy atom. The van der Waals surface area contributed by atoms with Crippen molar-refractivity contribution in [3.63, 3.8) is 0 Å². The maximum absolute atomic E-state index is 15.0. The first-order chi connectivity index (χ1) is 21.9. The van der Waals surface area contributed by atoms with Gasteiger partial charge in [-0.05, 0) is 48.9 Å². The third-order valence-corrected chi connectivity index (χ3v) is 6.61. The van der Waals surface area contributed by atoms with Crippen molar-refractivity contribution < 1.29 is 41.4 Å². The van der Waals surface area contributed by atoms with Crippen LogP contribution in [0.1, 0.15) is 16.1 Å². The molecule has 238 valence electrons. The molecule has 0 aliphatic carbocycles. The van der Waals surface area contributed by atoms with Gasteiger partial charge < -0.3 is 20.5 Å². The number of alkyl halides is 3. The first kappa shape index (κ1) is 31.7. The largest absolute Gasteiger partial charge is 0.490 e. The molecule has 12 nitrogen and oxygen atoms in total. The van der Waals surface area contributed by atoms with Gasteiger partial charge in [0.15, 0.2) is 5.65 Å². The van der Waals surface area contributed by atoms with E-state index in [9.17, 15) is 41.4 Å². The van der Waals surface area contributed by atoms with Crippen LogP contribution in [-0.2, 0) is 9.53 Å². The summed E-state index contributed by atoms with van der Waals surface area (Å²) in [5.74, 6) is -5.63. The zero-order valence-electron chi connectivity index (χ0n) is 23.5. The summed E-state index contributed by atoms with van der Waals surface area (Å²) in [6, 6.07) is 10.1. The summed E-state index contributed by atoms with van der Waals surface area (Å²) >= 11 is 0. The molecule has 3 aromatic heterocycles. The molecule has 0 spiro atoms. The second-order valence-electron chi connectivity index (χ2n) is 9.78. The number of carbonyl (C=O) groups excluding carboxylic acids is 2. The Morgan fingerprint density at radius 2 is 1.80 bits per heavy atom. The van der Waals surface area contributed by atoms with Crippen molar-refractivity contribution >= 4 is 34.5 Å². The van der Waals surface area contributed by atoms with E-state index < -0.39 is 66.1 Å². The molecule has 0 aliphatic heterocycles. The van der Waals surface area contributed by atoms with Gasteiger partial charge >= 0.3 is 12.1 Å². The Labute approximate surface area is 254 Å². The van der Waals surface area contributed by atoms with Crippen molar-refractivity contribution in [1.82, 2.24) is 24.7 Å². The van der Waals surface area contributed by atoms with E-state index in [2.05, 4.69) is 35.5 Å². The van der Waals surface area contributed by atoms with Gasteiger partial charge in [0.05, 0.1) is 18.3 Å². The highest BCUT2D eigenvalue weighted by atomic mass is 19.4. The zero-order chi connectivity index (χ0) is 33.2.